The first kappa shape index (κ1) is 21.0. The predicted octanol–water partition coefficient (Wildman–Crippen LogP) is 2.18. The van der Waals surface area contributed by atoms with E-state index in [4.69, 9.17) is 4.74 Å². The molecular weight excluding hydrogens is 340 g/mol. The minimum atomic E-state index is -0.576. The largest absolute Gasteiger partial charge is 0.452 e. The molecule has 6 nitrogen and oxygen atoms in total. The number of esters is 1. The number of benzene rings is 1. The fraction of sp³-hybridized carbons (Fsp3) is 0.500. The third kappa shape index (κ3) is 7.17. The van der Waals surface area contributed by atoms with Crippen LogP contribution in [0.4, 0.5) is 0 Å². The fourth-order valence-electron chi connectivity index (χ4n) is 1.70. The summed E-state index contributed by atoms with van der Waals surface area (Å²) in [6.07, 6.45) is 0. The first-order valence-corrected chi connectivity index (χ1v) is 9.09. The van der Waals surface area contributed by atoms with Gasteiger partial charge in [-0.05, 0) is 25.0 Å². The van der Waals surface area contributed by atoms with Crippen LogP contribution in [0, 0.1) is 5.92 Å². The van der Waals surface area contributed by atoms with Crippen LogP contribution in [0.3, 0.4) is 0 Å². The van der Waals surface area contributed by atoms with Crippen LogP contribution in [0.2, 0.25) is 0 Å². The third-order valence-corrected chi connectivity index (χ3v) is 4.74. The Bertz CT molecular complexity index is 617. The Morgan fingerprint density at radius 3 is 2.40 bits per heavy atom. The van der Waals surface area contributed by atoms with E-state index < -0.39 is 5.97 Å². The summed E-state index contributed by atoms with van der Waals surface area (Å²) >= 11 is 1.27. The third-order valence-electron chi connectivity index (χ3n) is 3.68. The molecule has 0 heterocycles. The molecule has 25 heavy (non-hydrogen) atoms. The van der Waals surface area contributed by atoms with Gasteiger partial charge in [-0.15, -0.1) is 11.8 Å². The van der Waals surface area contributed by atoms with Gasteiger partial charge >= 0.3 is 5.97 Å². The van der Waals surface area contributed by atoms with Crippen LogP contribution >= 0.6 is 11.8 Å². The van der Waals surface area contributed by atoms with Gasteiger partial charge in [0.05, 0.1) is 11.3 Å². The lowest BCUT2D eigenvalue weighted by Gasteiger charge is -2.17. The number of ether oxygens (including phenoxy) is 1. The molecule has 138 valence electrons. The Kier molecular flexibility index (Phi) is 8.48. The van der Waals surface area contributed by atoms with E-state index in [1.165, 1.54) is 16.7 Å². The number of nitrogens with one attached hydrogen (secondary N) is 1. The molecular formula is C18H26N2O4S. The second kappa shape index (κ2) is 10.1. The van der Waals surface area contributed by atoms with Gasteiger partial charge < -0.3 is 15.0 Å². The van der Waals surface area contributed by atoms with E-state index in [0.717, 1.165) is 0 Å². The van der Waals surface area contributed by atoms with Crippen molar-refractivity contribution in [3.63, 3.8) is 0 Å². The van der Waals surface area contributed by atoms with Gasteiger partial charge in [0, 0.05) is 25.0 Å². The lowest BCUT2D eigenvalue weighted by Crippen LogP contribution is -2.38. The molecule has 0 aromatic heterocycles. The molecule has 0 saturated carbocycles. The van der Waals surface area contributed by atoms with Gasteiger partial charge in [-0.2, -0.15) is 0 Å². The summed E-state index contributed by atoms with van der Waals surface area (Å²) in [6.45, 7) is 5.57. The number of carbonyl (C=O) groups excluding carboxylic acids is 3. The molecule has 0 aliphatic heterocycles. The first-order chi connectivity index (χ1) is 11.7. The molecule has 1 aromatic carbocycles. The van der Waals surface area contributed by atoms with Crippen LogP contribution in [0.1, 0.15) is 31.1 Å². The van der Waals surface area contributed by atoms with Crippen molar-refractivity contribution in [2.45, 2.75) is 31.7 Å². The SMILES string of the molecule is CC(C)[C@@H](C)NC(=O)COC(=O)c1ccccc1SCC(=O)N(C)C. The molecule has 1 rings (SSSR count). The highest BCUT2D eigenvalue weighted by atomic mass is 32.2. The lowest BCUT2D eigenvalue weighted by atomic mass is 10.1. The van der Waals surface area contributed by atoms with Gasteiger partial charge in [-0.1, -0.05) is 26.0 Å². The first-order valence-electron chi connectivity index (χ1n) is 8.10. The van der Waals surface area contributed by atoms with Gasteiger partial charge in [-0.25, -0.2) is 4.79 Å². The lowest BCUT2D eigenvalue weighted by molar-refractivity contribution is -0.126. The molecule has 0 aliphatic carbocycles. The van der Waals surface area contributed by atoms with Crippen LogP contribution in [-0.2, 0) is 14.3 Å². The molecule has 0 radical (unpaired) electrons. The van der Waals surface area contributed by atoms with Gasteiger partial charge in [0.2, 0.25) is 5.91 Å². The summed E-state index contributed by atoms with van der Waals surface area (Å²) in [7, 11) is 3.36. The number of hydrogen-bond acceptors (Lipinski definition) is 5. The summed E-state index contributed by atoms with van der Waals surface area (Å²) in [5.41, 5.74) is 0.351. The van der Waals surface area contributed by atoms with Crippen molar-refractivity contribution >= 4 is 29.5 Å². The van der Waals surface area contributed by atoms with Crippen LogP contribution in [0.15, 0.2) is 29.2 Å². The van der Waals surface area contributed by atoms with E-state index in [0.29, 0.717) is 16.4 Å². The zero-order valence-corrected chi connectivity index (χ0v) is 16.2. The molecule has 0 unspecified atom stereocenters. The predicted molar refractivity (Wildman–Crippen MR) is 98.6 cm³/mol. The Labute approximate surface area is 153 Å². The minimum absolute atomic E-state index is 0.00564. The molecule has 7 heteroatoms. The molecule has 0 aliphatic rings. The molecule has 2 amide bonds. The number of thioether (sulfide) groups is 1. The van der Waals surface area contributed by atoms with E-state index in [2.05, 4.69) is 5.32 Å². The van der Waals surface area contributed by atoms with Crippen molar-refractivity contribution < 1.29 is 19.1 Å². The summed E-state index contributed by atoms with van der Waals surface area (Å²) in [4.78, 5) is 37.9. The van der Waals surface area contributed by atoms with Gasteiger partial charge in [-0.3, -0.25) is 9.59 Å². The summed E-state index contributed by atoms with van der Waals surface area (Å²) < 4.78 is 5.11. The maximum atomic E-state index is 12.3. The van der Waals surface area contributed by atoms with Crippen molar-refractivity contribution in [2.75, 3.05) is 26.5 Å². The number of rotatable bonds is 8. The van der Waals surface area contributed by atoms with E-state index in [1.54, 1.807) is 38.4 Å². The number of carbonyl (C=O) groups is 3. The van der Waals surface area contributed by atoms with Crippen molar-refractivity contribution in [3.8, 4) is 0 Å². The van der Waals surface area contributed by atoms with Crippen LogP contribution in [0.5, 0.6) is 0 Å². The Morgan fingerprint density at radius 2 is 1.80 bits per heavy atom. The topological polar surface area (TPSA) is 75.7 Å². The maximum absolute atomic E-state index is 12.3. The number of hydrogen-bond donors (Lipinski definition) is 1. The Balaban J connectivity index is 2.63. The standard InChI is InChI=1S/C18H26N2O4S/c1-12(2)13(3)19-16(21)10-24-18(23)14-8-6-7-9-15(14)25-11-17(22)20(4)5/h6-9,12-13H,10-11H2,1-5H3,(H,19,21)/t13-/m1/s1. The highest BCUT2D eigenvalue weighted by Crippen LogP contribution is 2.23. The zero-order chi connectivity index (χ0) is 19.0. The normalized spacial score (nSPS) is 11.8. The second-order valence-electron chi connectivity index (χ2n) is 6.25. The van der Waals surface area contributed by atoms with E-state index in [9.17, 15) is 14.4 Å². The van der Waals surface area contributed by atoms with Crippen LogP contribution < -0.4 is 5.32 Å². The van der Waals surface area contributed by atoms with Crippen molar-refractivity contribution in [1.29, 1.82) is 0 Å². The maximum Gasteiger partial charge on any atom is 0.339 e. The summed E-state index contributed by atoms with van der Waals surface area (Å²) in [5.74, 6) is -0.430. The van der Waals surface area contributed by atoms with Crippen LogP contribution in [0.25, 0.3) is 0 Å². The molecule has 0 saturated heterocycles. The highest BCUT2D eigenvalue weighted by Gasteiger charge is 2.17. The van der Waals surface area contributed by atoms with E-state index in [1.807, 2.05) is 20.8 Å². The quantitative estimate of drug-likeness (QED) is 0.564. The molecule has 1 atom stereocenters. The average Bonchev–Trinajstić information content (AvgIpc) is 2.57. The van der Waals surface area contributed by atoms with Gasteiger partial charge in [0.25, 0.3) is 5.91 Å². The summed E-state index contributed by atoms with van der Waals surface area (Å²) in [5, 5.41) is 2.78. The van der Waals surface area contributed by atoms with Gasteiger partial charge in [0.15, 0.2) is 6.61 Å². The average molecular weight is 366 g/mol. The highest BCUT2D eigenvalue weighted by molar-refractivity contribution is 8.00. The van der Waals surface area contributed by atoms with Crippen molar-refractivity contribution in [2.24, 2.45) is 5.92 Å². The Hall–Kier alpha value is -2.02. The summed E-state index contributed by atoms with van der Waals surface area (Å²) in [6, 6.07) is 6.89. The van der Waals surface area contributed by atoms with Crippen molar-refractivity contribution in [3.05, 3.63) is 29.8 Å². The zero-order valence-electron chi connectivity index (χ0n) is 15.4. The fourth-order valence-corrected chi connectivity index (χ4v) is 2.72. The molecule has 0 spiro atoms. The second-order valence-corrected chi connectivity index (χ2v) is 7.27. The molecule has 1 N–H and O–H groups in total. The molecule has 0 fully saturated rings. The smallest absolute Gasteiger partial charge is 0.339 e. The monoisotopic (exact) mass is 366 g/mol. The van der Waals surface area contributed by atoms with Crippen molar-refractivity contribution in [1.82, 2.24) is 10.2 Å². The molecule has 0 bridgehead atoms. The van der Waals surface area contributed by atoms with E-state index in [-0.39, 0.29) is 30.2 Å². The molecule has 1 aromatic rings. The van der Waals surface area contributed by atoms with Crippen LogP contribution in [-0.4, -0.2) is 55.2 Å². The van der Waals surface area contributed by atoms with E-state index >= 15 is 0 Å². The Morgan fingerprint density at radius 1 is 1.16 bits per heavy atom. The number of amides is 2. The number of nitrogens with zero attached hydrogens (tertiary/aromatic N) is 1. The minimum Gasteiger partial charge on any atom is -0.452 e. The van der Waals surface area contributed by atoms with Gasteiger partial charge in [0.1, 0.15) is 0 Å².